The van der Waals surface area contributed by atoms with Crippen molar-refractivity contribution in [2.75, 3.05) is 25.2 Å². The number of nitrogens with zero attached hydrogens (tertiary/aromatic N) is 3. The molecule has 8 nitrogen and oxygen atoms in total. The number of aromatic nitrogens is 1. The molecule has 9 heteroatoms. The largest absolute Gasteiger partial charge is 0.497 e. The maximum atomic E-state index is 14.3. The number of thiazole rings is 1. The molecular weight excluding hydrogens is 538 g/mol. The highest BCUT2D eigenvalue weighted by molar-refractivity contribution is 7.07. The molecule has 1 aromatic heterocycles. The minimum absolute atomic E-state index is 0.159. The van der Waals surface area contributed by atoms with Gasteiger partial charge in [0.2, 0.25) is 0 Å². The van der Waals surface area contributed by atoms with Gasteiger partial charge in [0.25, 0.3) is 11.5 Å². The summed E-state index contributed by atoms with van der Waals surface area (Å²) in [6.07, 6.45) is 0. The van der Waals surface area contributed by atoms with Crippen LogP contribution in [0.25, 0.3) is 11.3 Å². The Balaban J connectivity index is 1.71. The van der Waals surface area contributed by atoms with Gasteiger partial charge in [-0.1, -0.05) is 72.0 Å². The number of hydrogen-bond donors (Lipinski definition) is 0. The molecule has 3 aromatic carbocycles. The molecule has 41 heavy (non-hydrogen) atoms. The van der Waals surface area contributed by atoms with E-state index in [9.17, 15) is 14.4 Å². The number of amides is 1. The fourth-order valence-corrected chi connectivity index (χ4v) is 6.50. The molecule has 4 aromatic rings. The molecule has 0 radical (unpaired) electrons. The van der Waals surface area contributed by atoms with Gasteiger partial charge in [-0.2, -0.15) is 0 Å². The van der Waals surface area contributed by atoms with E-state index < -0.39 is 12.0 Å². The van der Waals surface area contributed by atoms with Crippen molar-refractivity contribution in [1.82, 2.24) is 4.57 Å². The van der Waals surface area contributed by atoms with Crippen molar-refractivity contribution in [3.63, 3.8) is 0 Å². The number of hydrogen-bond acceptors (Lipinski definition) is 7. The van der Waals surface area contributed by atoms with Gasteiger partial charge in [-0.05, 0) is 37.6 Å². The Labute approximate surface area is 240 Å². The van der Waals surface area contributed by atoms with Crippen LogP contribution in [0.4, 0.5) is 5.69 Å². The van der Waals surface area contributed by atoms with E-state index in [1.54, 1.807) is 31.1 Å². The fraction of sp³-hybridized carbons (Fsp3) is 0.188. The van der Waals surface area contributed by atoms with Crippen LogP contribution >= 0.6 is 11.3 Å². The molecule has 206 valence electrons. The molecule has 0 saturated heterocycles. The van der Waals surface area contributed by atoms with Gasteiger partial charge in [-0.15, -0.1) is 0 Å². The summed E-state index contributed by atoms with van der Waals surface area (Å²) in [5.41, 5.74) is 3.51. The minimum Gasteiger partial charge on any atom is -0.497 e. The average Bonchev–Trinajstić information content (AvgIpc) is 3.48. The number of fused-ring (bicyclic) bond motifs is 2. The lowest BCUT2D eigenvalue weighted by Crippen LogP contribution is -2.41. The number of benzene rings is 3. The normalized spacial score (nSPS) is 17.2. The van der Waals surface area contributed by atoms with Crippen molar-refractivity contribution >= 4 is 40.2 Å². The van der Waals surface area contributed by atoms with Crippen molar-refractivity contribution in [3.8, 4) is 5.75 Å². The molecule has 0 unspecified atom stereocenters. The lowest BCUT2D eigenvalue weighted by atomic mass is 9.93. The third-order valence-electron chi connectivity index (χ3n) is 7.25. The van der Waals surface area contributed by atoms with Crippen molar-refractivity contribution in [2.24, 2.45) is 4.99 Å². The molecule has 2 aliphatic rings. The monoisotopic (exact) mass is 565 g/mol. The van der Waals surface area contributed by atoms with Crippen molar-refractivity contribution in [2.45, 2.75) is 19.9 Å². The topological polar surface area (TPSA) is 90.2 Å². The minimum atomic E-state index is -0.838. The first-order valence-electron chi connectivity index (χ1n) is 13.3. The van der Waals surface area contributed by atoms with Gasteiger partial charge in [-0.3, -0.25) is 14.2 Å². The van der Waals surface area contributed by atoms with E-state index in [-0.39, 0.29) is 28.2 Å². The summed E-state index contributed by atoms with van der Waals surface area (Å²) < 4.78 is 12.7. The van der Waals surface area contributed by atoms with Crippen LogP contribution in [0.1, 0.15) is 36.6 Å². The van der Waals surface area contributed by atoms with E-state index in [4.69, 9.17) is 14.5 Å². The van der Waals surface area contributed by atoms with Gasteiger partial charge in [0.1, 0.15) is 10.3 Å². The van der Waals surface area contributed by atoms with Gasteiger partial charge in [-0.25, -0.2) is 9.79 Å². The lowest BCUT2D eigenvalue weighted by Gasteiger charge is -2.26. The Kier molecular flexibility index (Phi) is 6.88. The molecule has 1 atom stereocenters. The SMILES string of the molecule is CCOC(=O)C1=C(c2ccccc2)N=c2s/c(=C3/C(=O)N(CC)c4ccccc43)c(=O)n2[C@H]1c1ccc(OC)cc1. The number of carbonyl (C=O) groups is 2. The van der Waals surface area contributed by atoms with Crippen LogP contribution in [0.3, 0.4) is 0 Å². The first-order valence-corrected chi connectivity index (χ1v) is 14.2. The van der Waals surface area contributed by atoms with Crippen LogP contribution < -0.4 is 24.5 Å². The van der Waals surface area contributed by atoms with E-state index in [1.165, 1.54) is 4.57 Å². The van der Waals surface area contributed by atoms with E-state index in [0.29, 0.717) is 39.5 Å². The molecule has 6 rings (SSSR count). The molecular formula is C32H27N3O5S. The summed E-state index contributed by atoms with van der Waals surface area (Å²) in [7, 11) is 1.58. The first-order chi connectivity index (χ1) is 20.0. The maximum Gasteiger partial charge on any atom is 0.338 e. The Bertz CT molecular complexity index is 1890. The van der Waals surface area contributed by atoms with Crippen LogP contribution in [-0.2, 0) is 14.3 Å². The lowest BCUT2D eigenvalue weighted by molar-refractivity contribution is -0.138. The van der Waals surface area contributed by atoms with Gasteiger partial charge >= 0.3 is 5.97 Å². The standard InChI is InChI=1S/C32H27N3O5S/c1-4-34-23-14-10-9-13-22(23)24(29(34)36)28-30(37)35-27(20-15-17-21(39-3)18-16-20)25(31(38)40-5-2)26(33-32(35)41-28)19-11-7-6-8-12-19/h6-18,27H,4-5H2,1-3H3/b28-24+/t27-/m0/s1. The molecule has 1 amide bonds. The van der Waals surface area contributed by atoms with Gasteiger partial charge < -0.3 is 14.4 Å². The van der Waals surface area contributed by atoms with Crippen molar-refractivity contribution in [1.29, 1.82) is 0 Å². The van der Waals surface area contributed by atoms with E-state index in [2.05, 4.69) is 0 Å². The zero-order valence-electron chi connectivity index (χ0n) is 22.8. The maximum absolute atomic E-state index is 14.3. The second-order valence-electron chi connectivity index (χ2n) is 9.47. The predicted octanol–water partition coefficient (Wildman–Crippen LogP) is 3.68. The third-order valence-corrected chi connectivity index (χ3v) is 8.30. The smallest absolute Gasteiger partial charge is 0.338 e. The number of rotatable bonds is 6. The Morgan fingerprint density at radius 1 is 0.951 bits per heavy atom. The summed E-state index contributed by atoms with van der Waals surface area (Å²) in [4.78, 5) is 48.6. The zero-order valence-corrected chi connectivity index (χ0v) is 23.6. The molecule has 0 saturated carbocycles. The number of esters is 1. The van der Waals surface area contributed by atoms with Gasteiger partial charge in [0.15, 0.2) is 4.80 Å². The molecule has 0 spiro atoms. The Morgan fingerprint density at radius 2 is 1.66 bits per heavy atom. The van der Waals surface area contributed by atoms with Crippen LogP contribution in [-0.4, -0.2) is 36.7 Å². The molecule has 2 aliphatic heterocycles. The third kappa shape index (κ3) is 4.29. The van der Waals surface area contributed by atoms with Crippen LogP contribution in [0.2, 0.25) is 0 Å². The molecule has 3 heterocycles. The summed E-state index contributed by atoms with van der Waals surface area (Å²) in [6, 6.07) is 23.2. The first kappa shape index (κ1) is 26.5. The number of ether oxygens (including phenoxy) is 2. The Hall–Kier alpha value is -4.76. The highest BCUT2D eigenvalue weighted by Gasteiger charge is 2.37. The zero-order chi connectivity index (χ0) is 28.7. The summed E-state index contributed by atoms with van der Waals surface area (Å²) in [5.74, 6) is -0.151. The fourth-order valence-electron chi connectivity index (χ4n) is 5.41. The summed E-state index contributed by atoms with van der Waals surface area (Å²) in [5, 5.41) is 0. The Morgan fingerprint density at radius 3 is 2.34 bits per heavy atom. The highest BCUT2D eigenvalue weighted by atomic mass is 32.1. The van der Waals surface area contributed by atoms with Crippen LogP contribution in [0.15, 0.2) is 94.2 Å². The highest BCUT2D eigenvalue weighted by Crippen LogP contribution is 2.37. The van der Waals surface area contributed by atoms with Crippen LogP contribution in [0, 0.1) is 0 Å². The van der Waals surface area contributed by atoms with E-state index in [1.807, 2.05) is 73.7 Å². The van der Waals surface area contributed by atoms with Crippen molar-refractivity contribution in [3.05, 3.63) is 121 Å². The average molecular weight is 566 g/mol. The van der Waals surface area contributed by atoms with Crippen LogP contribution in [0.5, 0.6) is 5.75 Å². The number of likely N-dealkylation sites (N-methyl/N-ethyl adjacent to an activating group) is 1. The number of methoxy groups -OCH3 is 1. The second-order valence-corrected chi connectivity index (χ2v) is 10.4. The number of anilines is 1. The summed E-state index contributed by atoms with van der Waals surface area (Å²) in [6.45, 7) is 4.27. The van der Waals surface area contributed by atoms with E-state index in [0.717, 1.165) is 22.6 Å². The second kappa shape index (κ2) is 10.7. The summed E-state index contributed by atoms with van der Waals surface area (Å²) >= 11 is 1.16. The molecule has 0 aliphatic carbocycles. The van der Waals surface area contributed by atoms with E-state index >= 15 is 0 Å². The van der Waals surface area contributed by atoms with Crippen molar-refractivity contribution < 1.29 is 19.1 Å². The molecule has 0 bridgehead atoms. The quantitative estimate of drug-likeness (QED) is 0.333. The van der Waals surface area contributed by atoms with Gasteiger partial charge in [0.05, 0.1) is 42.3 Å². The molecule has 0 N–H and O–H groups in total. The number of para-hydroxylation sites is 1. The predicted molar refractivity (Wildman–Crippen MR) is 157 cm³/mol. The molecule has 0 fully saturated rings. The number of carbonyl (C=O) groups excluding carboxylic acids is 2. The van der Waals surface area contributed by atoms with Gasteiger partial charge in [0, 0.05) is 17.7 Å².